The molecule has 4 aromatic carbocycles. The van der Waals surface area contributed by atoms with E-state index in [-0.39, 0.29) is 36.9 Å². The predicted octanol–water partition coefficient (Wildman–Crippen LogP) is 6.74. The van der Waals surface area contributed by atoms with Crippen molar-refractivity contribution in [3.05, 3.63) is 128 Å². The number of nitrogens with one attached hydrogen (secondary N) is 1. The second-order valence-corrected chi connectivity index (χ2v) is 19.5. The van der Waals surface area contributed by atoms with Crippen molar-refractivity contribution in [2.75, 3.05) is 11.5 Å². The largest absolute Gasteiger partial charge is 0.394 e. The summed E-state index contributed by atoms with van der Waals surface area (Å²) in [5, 5.41) is 14.0. The molecule has 3 aliphatic rings. The average Bonchev–Trinajstić information content (AvgIpc) is 3.71. The van der Waals surface area contributed by atoms with E-state index in [1.165, 1.54) is 4.68 Å². The number of halogens is 2. The normalized spacial score (nSPS) is 24.2. The highest BCUT2D eigenvalue weighted by Gasteiger charge is 2.67. The minimum Gasteiger partial charge on any atom is -0.394 e. The van der Waals surface area contributed by atoms with Gasteiger partial charge in [0.25, 0.3) is 11.5 Å². The standard InChI is InChI=1S/C40H40BrFN4O5Si/c1-24-37(52(2,3)42)35(20-36(48)44-22-27-9-5-4-8-26(27)18-30(44)23-47)51-40(24)32-19-28(41)14-17-34(32)45(39(40)50)21-25-12-15-29(16-13-25)46-38(49)31-10-6-7-11-33(31)43-46/h4-17,19,24,30,35,37,43,47H,18,20-23H2,1-3H3/t24-,30+,35+,37-,40+/m1/s1. The highest BCUT2D eigenvalue weighted by molar-refractivity contribution is 9.10. The molecule has 4 heterocycles. The summed E-state index contributed by atoms with van der Waals surface area (Å²) in [5.41, 5.74) is 3.41. The third-order valence-corrected chi connectivity index (χ3v) is 14.3. The maximum Gasteiger partial charge on any atom is 0.279 e. The van der Waals surface area contributed by atoms with Gasteiger partial charge in [-0.15, -0.1) is 0 Å². The fourth-order valence-electron chi connectivity index (χ4n) is 8.88. The van der Waals surface area contributed by atoms with Crippen molar-refractivity contribution in [3.8, 4) is 5.69 Å². The molecule has 0 radical (unpaired) electrons. The second-order valence-electron chi connectivity index (χ2n) is 14.8. The fourth-order valence-corrected chi connectivity index (χ4v) is 11.7. The number of amides is 2. The molecule has 0 bridgehead atoms. The summed E-state index contributed by atoms with van der Waals surface area (Å²) in [7, 11) is -3.52. The first-order valence-electron chi connectivity index (χ1n) is 17.7. The van der Waals surface area contributed by atoms with Gasteiger partial charge in [-0.05, 0) is 78.7 Å². The van der Waals surface area contributed by atoms with Crippen molar-refractivity contribution >= 4 is 52.7 Å². The Bertz CT molecular complexity index is 2270. The zero-order valence-corrected chi connectivity index (χ0v) is 31.8. The number of nitrogens with zero attached hydrogens (tertiary/aromatic N) is 3. The molecule has 12 heteroatoms. The summed E-state index contributed by atoms with van der Waals surface area (Å²) in [6.07, 6.45) is -0.401. The molecule has 268 valence electrons. The molecule has 0 unspecified atom stereocenters. The van der Waals surface area contributed by atoms with Crippen LogP contribution in [0.2, 0.25) is 18.6 Å². The number of carbonyl (C=O) groups excluding carboxylic acids is 2. The number of aliphatic hydroxyl groups excluding tert-OH is 1. The summed E-state index contributed by atoms with van der Waals surface area (Å²) < 4.78 is 25.6. The average molecular weight is 784 g/mol. The van der Waals surface area contributed by atoms with E-state index in [0.29, 0.717) is 35.3 Å². The minimum absolute atomic E-state index is 0.0963. The Labute approximate surface area is 310 Å². The van der Waals surface area contributed by atoms with Crippen LogP contribution < -0.4 is 10.5 Å². The Morgan fingerprint density at radius 2 is 1.73 bits per heavy atom. The molecule has 2 N–H and O–H groups in total. The molecular formula is C40H40BrFN4O5Si. The van der Waals surface area contributed by atoms with Gasteiger partial charge in [-0.25, -0.2) is 4.68 Å². The van der Waals surface area contributed by atoms with E-state index >= 15 is 4.11 Å². The molecular weight excluding hydrogens is 743 g/mol. The number of aromatic amines is 1. The molecule has 8 rings (SSSR count). The van der Waals surface area contributed by atoms with E-state index in [2.05, 4.69) is 21.0 Å². The highest BCUT2D eigenvalue weighted by Crippen LogP contribution is 2.60. The number of fused-ring (bicyclic) bond motifs is 4. The van der Waals surface area contributed by atoms with Gasteiger partial charge in [-0.3, -0.25) is 19.5 Å². The van der Waals surface area contributed by atoms with Gasteiger partial charge >= 0.3 is 0 Å². The number of ether oxygens (including phenoxy) is 1. The van der Waals surface area contributed by atoms with Crippen LogP contribution in [-0.4, -0.2) is 58.8 Å². The van der Waals surface area contributed by atoms with Crippen molar-refractivity contribution < 1.29 is 23.5 Å². The summed E-state index contributed by atoms with van der Waals surface area (Å²) in [4.78, 5) is 45.4. The molecule has 0 saturated carbocycles. The van der Waals surface area contributed by atoms with E-state index in [0.717, 1.165) is 26.7 Å². The third-order valence-electron chi connectivity index (χ3n) is 11.3. The number of benzene rings is 4. The third kappa shape index (κ3) is 5.58. The molecule has 52 heavy (non-hydrogen) atoms. The summed E-state index contributed by atoms with van der Waals surface area (Å²) >= 11 is 3.59. The number of hydrogen-bond donors (Lipinski definition) is 2. The number of aromatic nitrogens is 2. The summed E-state index contributed by atoms with van der Waals surface area (Å²) in [5.74, 6) is -1.08. The molecule has 9 nitrogen and oxygen atoms in total. The van der Waals surface area contributed by atoms with Crippen LogP contribution in [0.5, 0.6) is 0 Å². The lowest BCUT2D eigenvalue weighted by Crippen LogP contribution is -2.48. The van der Waals surface area contributed by atoms with Crippen LogP contribution in [0, 0.1) is 5.92 Å². The van der Waals surface area contributed by atoms with Gasteiger partial charge in [0, 0.05) is 28.0 Å². The number of rotatable bonds is 7. The van der Waals surface area contributed by atoms with Crippen LogP contribution >= 0.6 is 15.9 Å². The van der Waals surface area contributed by atoms with Crippen LogP contribution in [0.25, 0.3) is 16.6 Å². The van der Waals surface area contributed by atoms with Crippen LogP contribution in [0.15, 0.2) is 100 Å². The molecule has 0 aliphatic carbocycles. The molecule has 2 amide bonds. The SMILES string of the molecule is C[C@@H]1[C@@H]([Si](C)(C)F)[C@H](CC(=O)N2Cc3ccccc3C[C@H]2CO)O[C@@]12C(=O)N(Cc1ccc(-n3[nH]c4ccccc4c3=O)cc1)c1ccc(Br)cc12. The molecule has 3 aliphatic heterocycles. The van der Waals surface area contributed by atoms with E-state index in [4.69, 9.17) is 4.74 Å². The highest BCUT2D eigenvalue weighted by atomic mass is 79.9. The van der Waals surface area contributed by atoms with Gasteiger partial charge in [0.15, 0.2) is 5.60 Å². The lowest BCUT2D eigenvalue weighted by molar-refractivity contribution is -0.151. The van der Waals surface area contributed by atoms with Crippen molar-refractivity contribution in [1.29, 1.82) is 0 Å². The van der Waals surface area contributed by atoms with E-state index in [9.17, 15) is 19.5 Å². The maximum atomic E-state index is 16.5. The number of para-hydroxylation sites is 1. The topological polar surface area (TPSA) is 108 Å². The Morgan fingerprint density at radius 3 is 2.44 bits per heavy atom. The molecule has 5 aromatic rings. The van der Waals surface area contributed by atoms with Crippen molar-refractivity contribution in [2.45, 2.75) is 69.2 Å². The van der Waals surface area contributed by atoms with Crippen LogP contribution in [0.3, 0.4) is 0 Å². The van der Waals surface area contributed by atoms with E-state index in [1.807, 2.05) is 91.9 Å². The monoisotopic (exact) mass is 782 g/mol. The summed E-state index contributed by atoms with van der Waals surface area (Å²) in [6, 6.07) is 27.9. The summed E-state index contributed by atoms with van der Waals surface area (Å²) in [6.45, 7) is 5.53. The van der Waals surface area contributed by atoms with Gasteiger partial charge < -0.3 is 23.8 Å². The molecule has 1 aromatic heterocycles. The lowest BCUT2D eigenvalue weighted by Gasteiger charge is -2.37. The number of carbonyl (C=O) groups is 2. The Balaban J connectivity index is 1.10. The minimum atomic E-state index is -3.52. The van der Waals surface area contributed by atoms with Crippen LogP contribution in [0.1, 0.15) is 35.6 Å². The second kappa shape index (κ2) is 12.9. The first-order chi connectivity index (χ1) is 24.9. The smallest absolute Gasteiger partial charge is 0.279 e. The van der Waals surface area contributed by atoms with Gasteiger partial charge in [-0.2, -0.15) is 0 Å². The first-order valence-corrected chi connectivity index (χ1v) is 21.4. The van der Waals surface area contributed by atoms with Crippen molar-refractivity contribution in [3.63, 3.8) is 0 Å². The number of anilines is 1. The number of aliphatic hydroxyl groups is 1. The Hall–Kier alpha value is -4.36. The molecule has 1 spiro atoms. The molecule has 5 atom stereocenters. The zero-order valence-electron chi connectivity index (χ0n) is 29.2. The van der Waals surface area contributed by atoms with Gasteiger partial charge in [0.05, 0.1) is 54.0 Å². The van der Waals surface area contributed by atoms with E-state index in [1.54, 1.807) is 29.0 Å². The quantitative estimate of drug-likeness (QED) is 0.141. The molecule has 1 saturated heterocycles. The van der Waals surface area contributed by atoms with Gasteiger partial charge in [0.2, 0.25) is 14.3 Å². The number of H-pyrrole nitrogens is 1. The van der Waals surface area contributed by atoms with Crippen LogP contribution in [0.4, 0.5) is 9.80 Å². The van der Waals surface area contributed by atoms with Gasteiger partial charge in [0.1, 0.15) is 0 Å². The predicted molar refractivity (Wildman–Crippen MR) is 203 cm³/mol. The lowest BCUT2D eigenvalue weighted by atomic mass is 9.82. The Kier molecular flexibility index (Phi) is 8.64. The van der Waals surface area contributed by atoms with Crippen LogP contribution in [-0.2, 0) is 39.4 Å². The molecule has 1 fully saturated rings. The fraction of sp³-hybridized carbons (Fsp3) is 0.325. The maximum absolute atomic E-state index is 16.5. The Morgan fingerprint density at radius 1 is 1.02 bits per heavy atom. The zero-order chi connectivity index (χ0) is 36.5. The van der Waals surface area contributed by atoms with Crippen molar-refractivity contribution in [1.82, 2.24) is 14.7 Å². The number of hydrogen-bond acceptors (Lipinski definition) is 5. The first kappa shape index (κ1) is 34.7. The van der Waals surface area contributed by atoms with Crippen molar-refractivity contribution in [2.24, 2.45) is 5.92 Å². The van der Waals surface area contributed by atoms with E-state index < -0.39 is 37.6 Å². The van der Waals surface area contributed by atoms with Gasteiger partial charge in [-0.1, -0.05) is 71.4 Å².